The van der Waals surface area contributed by atoms with Crippen molar-refractivity contribution in [2.24, 2.45) is 4.99 Å². The van der Waals surface area contributed by atoms with Gasteiger partial charge in [0.15, 0.2) is 15.8 Å². The number of nitrogens with zero attached hydrogens (tertiary/aromatic N) is 1. The number of halogens is 4. The van der Waals surface area contributed by atoms with E-state index >= 15 is 0 Å². The van der Waals surface area contributed by atoms with Gasteiger partial charge in [0.25, 0.3) is 0 Å². The molecule has 1 heterocycles. The molecule has 11 heteroatoms. The number of sulfone groups is 1. The molecule has 0 amide bonds. The minimum atomic E-state index is -4.41. The molecule has 6 nitrogen and oxygen atoms in total. The van der Waals surface area contributed by atoms with Crippen molar-refractivity contribution in [2.75, 3.05) is 32.6 Å². The summed E-state index contributed by atoms with van der Waals surface area (Å²) in [5, 5.41) is 6.03. The lowest BCUT2D eigenvalue weighted by Gasteiger charge is -2.35. The highest BCUT2D eigenvalue weighted by molar-refractivity contribution is 14.0. The molecule has 0 radical (unpaired) electrons. The molecule has 1 saturated heterocycles. The Hall–Kier alpha value is -1.08. The molecule has 0 bridgehead atoms. The van der Waals surface area contributed by atoms with Gasteiger partial charge in [0.1, 0.15) is 0 Å². The van der Waals surface area contributed by atoms with E-state index in [2.05, 4.69) is 15.6 Å². The zero-order valence-corrected chi connectivity index (χ0v) is 19.5. The smallest absolute Gasteiger partial charge is 0.381 e. The van der Waals surface area contributed by atoms with Crippen LogP contribution in [0.15, 0.2) is 29.3 Å². The van der Waals surface area contributed by atoms with Crippen molar-refractivity contribution in [1.29, 1.82) is 0 Å². The summed E-state index contributed by atoms with van der Waals surface area (Å²) in [5.41, 5.74) is -0.313. The van der Waals surface area contributed by atoms with Crippen LogP contribution in [-0.4, -0.2) is 51.7 Å². The zero-order valence-electron chi connectivity index (χ0n) is 16.4. The minimum absolute atomic E-state index is 0. The summed E-state index contributed by atoms with van der Waals surface area (Å²) in [6.07, 6.45) is -2.43. The Bertz CT molecular complexity index is 795. The van der Waals surface area contributed by atoms with Gasteiger partial charge in [0, 0.05) is 32.6 Å². The SMILES string of the molecule is CCNC(=NCc1cccc(C(F)(F)F)c1)NCC1(S(C)(=O)=O)CCOCC1.I. The Labute approximate surface area is 186 Å². The first-order valence-electron chi connectivity index (χ1n) is 9.03. The first kappa shape index (κ1) is 26.0. The summed E-state index contributed by atoms with van der Waals surface area (Å²) in [6.45, 7) is 3.31. The Kier molecular flexibility index (Phi) is 9.67. The largest absolute Gasteiger partial charge is 0.416 e. The molecule has 0 saturated carbocycles. The summed E-state index contributed by atoms with van der Waals surface area (Å²) in [4.78, 5) is 4.31. The van der Waals surface area contributed by atoms with Crippen LogP contribution in [0.3, 0.4) is 0 Å². The molecule has 1 aliphatic heterocycles. The molecule has 1 aromatic rings. The second kappa shape index (κ2) is 10.8. The number of rotatable bonds is 6. The fourth-order valence-corrected chi connectivity index (χ4v) is 4.27. The molecule has 1 aliphatic rings. The van der Waals surface area contributed by atoms with Gasteiger partial charge in [-0.15, -0.1) is 24.0 Å². The first-order valence-corrected chi connectivity index (χ1v) is 10.9. The predicted octanol–water partition coefficient (Wildman–Crippen LogP) is 2.97. The number of hydrogen-bond acceptors (Lipinski definition) is 4. The number of ether oxygens (including phenoxy) is 1. The highest BCUT2D eigenvalue weighted by Gasteiger charge is 2.42. The topological polar surface area (TPSA) is 79.8 Å². The van der Waals surface area contributed by atoms with Crippen LogP contribution < -0.4 is 10.6 Å². The van der Waals surface area contributed by atoms with Gasteiger partial charge in [0.2, 0.25) is 0 Å². The van der Waals surface area contributed by atoms with Crippen LogP contribution in [0.25, 0.3) is 0 Å². The van der Waals surface area contributed by atoms with Crippen LogP contribution in [0.2, 0.25) is 0 Å². The highest BCUT2D eigenvalue weighted by atomic mass is 127. The van der Waals surface area contributed by atoms with E-state index in [1.165, 1.54) is 12.3 Å². The lowest BCUT2D eigenvalue weighted by molar-refractivity contribution is -0.137. The average Bonchev–Trinajstić information content (AvgIpc) is 2.63. The van der Waals surface area contributed by atoms with Gasteiger partial charge in [-0.3, -0.25) is 0 Å². The molecule has 1 fully saturated rings. The third-order valence-corrected chi connectivity index (χ3v) is 6.91. The maximum Gasteiger partial charge on any atom is 0.416 e. The molecular formula is C18H27F3IN3O3S. The van der Waals surface area contributed by atoms with Gasteiger partial charge in [-0.1, -0.05) is 12.1 Å². The maximum absolute atomic E-state index is 12.8. The molecule has 2 N–H and O–H groups in total. The molecular weight excluding hydrogens is 522 g/mol. The quantitative estimate of drug-likeness (QED) is 0.324. The second-order valence-corrected chi connectivity index (χ2v) is 9.22. The number of alkyl halides is 3. The average molecular weight is 549 g/mol. The standard InChI is InChI=1S/C18H26F3N3O3S.HI/c1-3-22-16(23-12-14-5-4-6-15(11-14)18(19,20)21)24-13-17(28(2,25)26)7-9-27-10-8-17;/h4-6,11H,3,7-10,12-13H2,1-2H3,(H2,22,23,24);1H. The first-order chi connectivity index (χ1) is 13.1. The molecule has 2 rings (SSSR count). The van der Waals surface area contributed by atoms with Crippen molar-refractivity contribution in [3.05, 3.63) is 35.4 Å². The van der Waals surface area contributed by atoms with Crippen LogP contribution >= 0.6 is 24.0 Å². The molecule has 166 valence electrons. The van der Waals surface area contributed by atoms with E-state index in [4.69, 9.17) is 4.74 Å². The summed E-state index contributed by atoms with van der Waals surface area (Å²) >= 11 is 0. The maximum atomic E-state index is 12.8. The van der Waals surface area contributed by atoms with Crippen LogP contribution in [-0.2, 0) is 27.3 Å². The molecule has 0 unspecified atom stereocenters. The number of nitrogens with one attached hydrogen (secondary N) is 2. The summed E-state index contributed by atoms with van der Waals surface area (Å²) in [7, 11) is -3.34. The third-order valence-electron chi connectivity index (χ3n) is 4.79. The highest BCUT2D eigenvalue weighted by Crippen LogP contribution is 2.30. The number of guanidine groups is 1. The van der Waals surface area contributed by atoms with E-state index in [1.807, 2.05) is 6.92 Å². The van der Waals surface area contributed by atoms with Crippen molar-refractivity contribution >= 4 is 39.8 Å². The van der Waals surface area contributed by atoms with E-state index in [-0.39, 0.29) is 37.1 Å². The Balaban J connectivity index is 0.00000420. The van der Waals surface area contributed by atoms with Crippen molar-refractivity contribution in [3.8, 4) is 0 Å². The summed E-state index contributed by atoms with van der Waals surface area (Å²) in [5.74, 6) is 0.356. The van der Waals surface area contributed by atoms with E-state index in [9.17, 15) is 21.6 Å². The number of hydrogen-bond donors (Lipinski definition) is 2. The summed E-state index contributed by atoms with van der Waals surface area (Å²) in [6, 6.07) is 4.98. The number of benzene rings is 1. The van der Waals surface area contributed by atoms with Crippen molar-refractivity contribution < 1.29 is 26.3 Å². The van der Waals surface area contributed by atoms with Crippen LogP contribution in [0.1, 0.15) is 30.9 Å². The monoisotopic (exact) mass is 549 g/mol. The third kappa shape index (κ3) is 7.28. The fourth-order valence-electron chi connectivity index (χ4n) is 3.02. The van der Waals surface area contributed by atoms with Gasteiger partial charge in [-0.2, -0.15) is 13.2 Å². The molecule has 0 aromatic heterocycles. The predicted molar refractivity (Wildman–Crippen MR) is 117 cm³/mol. The molecule has 29 heavy (non-hydrogen) atoms. The van der Waals surface area contributed by atoms with E-state index in [0.717, 1.165) is 12.1 Å². The van der Waals surface area contributed by atoms with E-state index in [1.54, 1.807) is 6.07 Å². The van der Waals surface area contributed by atoms with Crippen molar-refractivity contribution in [2.45, 2.75) is 37.2 Å². The van der Waals surface area contributed by atoms with E-state index < -0.39 is 26.3 Å². The molecule has 0 spiro atoms. The van der Waals surface area contributed by atoms with Gasteiger partial charge in [-0.25, -0.2) is 13.4 Å². The van der Waals surface area contributed by atoms with E-state index in [0.29, 0.717) is 44.1 Å². The lowest BCUT2D eigenvalue weighted by Crippen LogP contribution is -2.53. The fraction of sp³-hybridized carbons (Fsp3) is 0.611. The van der Waals surface area contributed by atoms with Crippen molar-refractivity contribution in [1.82, 2.24) is 10.6 Å². The Morgan fingerprint density at radius 3 is 2.45 bits per heavy atom. The Morgan fingerprint density at radius 1 is 1.24 bits per heavy atom. The van der Waals surface area contributed by atoms with Gasteiger partial charge in [0.05, 0.1) is 16.9 Å². The Morgan fingerprint density at radius 2 is 1.90 bits per heavy atom. The lowest BCUT2D eigenvalue weighted by atomic mass is 9.99. The summed E-state index contributed by atoms with van der Waals surface area (Å²) < 4.78 is 67.5. The number of aliphatic imine (C=N–C) groups is 1. The molecule has 0 atom stereocenters. The van der Waals surface area contributed by atoms with Gasteiger partial charge < -0.3 is 15.4 Å². The van der Waals surface area contributed by atoms with Gasteiger partial charge >= 0.3 is 6.18 Å². The molecule has 0 aliphatic carbocycles. The molecule has 1 aromatic carbocycles. The zero-order chi connectivity index (χ0) is 20.8. The van der Waals surface area contributed by atoms with Crippen LogP contribution in [0.4, 0.5) is 13.2 Å². The minimum Gasteiger partial charge on any atom is -0.381 e. The van der Waals surface area contributed by atoms with Crippen LogP contribution in [0.5, 0.6) is 0 Å². The van der Waals surface area contributed by atoms with Gasteiger partial charge in [-0.05, 0) is 37.5 Å². The van der Waals surface area contributed by atoms with Crippen molar-refractivity contribution in [3.63, 3.8) is 0 Å². The normalized spacial score (nSPS) is 17.3. The van der Waals surface area contributed by atoms with Crippen LogP contribution in [0, 0.1) is 0 Å². The second-order valence-electron chi connectivity index (χ2n) is 6.81.